The lowest BCUT2D eigenvalue weighted by molar-refractivity contribution is -0.709. The van der Waals surface area contributed by atoms with Gasteiger partial charge in [-0.25, -0.2) is 9.55 Å². The SMILES string of the molecule is C=CCc1c[nH]c(CC(=O)O)[n+]1CCO. The number of hydrogen-bond donors (Lipinski definition) is 3. The molecule has 0 spiro atoms. The number of nitrogens with zero attached hydrogens (tertiary/aromatic N) is 1. The molecule has 0 unspecified atom stereocenters. The van der Waals surface area contributed by atoms with Crippen LogP contribution in [0.4, 0.5) is 0 Å². The highest BCUT2D eigenvalue weighted by Crippen LogP contribution is 1.98. The molecule has 0 fully saturated rings. The van der Waals surface area contributed by atoms with Gasteiger partial charge in [0, 0.05) is 6.42 Å². The van der Waals surface area contributed by atoms with Gasteiger partial charge in [-0.2, -0.15) is 0 Å². The van der Waals surface area contributed by atoms with Crippen LogP contribution >= 0.6 is 0 Å². The third-order valence-electron chi connectivity index (χ3n) is 2.07. The first-order valence-electron chi connectivity index (χ1n) is 4.71. The van der Waals surface area contributed by atoms with Crippen LogP contribution < -0.4 is 4.57 Å². The summed E-state index contributed by atoms with van der Waals surface area (Å²) >= 11 is 0. The number of allylic oxidation sites excluding steroid dienone is 1. The number of carboxylic acids is 1. The van der Waals surface area contributed by atoms with Crippen LogP contribution in [0.5, 0.6) is 0 Å². The summed E-state index contributed by atoms with van der Waals surface area (Å²) in [5.74, 6) is -0.304. The summed E-state index contributed by atoms with van der Waals surface area (Å²) in [7, 11) is 0. The maximum Gasteiger partial charge on any atom is 0.315 e. The number of carboxylic acid groups (broad SMARTS) is 1. The fourth-order valence-electron chi connectivity index (χ4n) is 1.48. The Hall–Kier alpha value is -1.62. The van der Waals surface area contributed by atoms with Crippen molar-refractivity contribution in [3.8, 4) is 0 Å². The minimum absolute atomic E-state index is 0.0146. The molecule has 3 N–H and O–H groups in total. The van der Waals surface area contributed by atoms with Crippen molar-refractivity contribution in [3.63, 3.8) is 0 Å². The van der Waals surface area contributed by atoms with Gasteiger partial charge in [-0.05, 0) is 0 Å². The van der Waals surface area contributed by atoms with E-state index >= 15 is 0 Å². The lowest BCUT2D eigenvalue weighted by Crippen LogP contribution is -2.42. The van der Waals surface area contributed by atoms with E-state index in [1.807, 2.05) is 0 Å². The van der Waals surface area contributed by atoms with Crippen molar-refractivity contribution < 1.29 is 19.6 Å². The molecule has 0 aromatic carbocycles. The average Bonchev–Trinajstić information content (AvgIpc) is 2.51. The zero-order chi connectivity index (χ0) is 11.3. The Kier molecular flexibility index (Phi) is 4.05. The number of nitrogens with one attached hydrogen (secondary N) is 1. The number of imidazole rings is 1. The average molecular weight is 211 g/mol. The number of aliphatic hydroxyl groups is 1. The Morgan fingerprint density at radius 2 is 2.40 bits per heavy atom. The fraction of sp³-hybridized carbons (Fsp3) is 0.400. The Morgan fingerprint density at radius 3 is 2.93 bits per heavy atom. The van der Waals surface area contributed by atoms with Gasteiger partial charge in [-0.3, -0.25) is 4.79 Å². The molecule has 82 valence electrons. The first kappa shape index (κ1) is 11.5. The van der Waals surface area contributed by atoms with E-state index in [2.05, 4.69) is 11.6 Å². The van der Waals surface area contributed by atoms with Crippen molar-refractivity contribution in [2.45, 2.75) is 19.4 Å². The van der Waals surface area contributed by atoms with Gasteiger partial charge in [0.2, 0.25) is 0 Å². The molecule has 0 aliphatic carbocycles. The molecule has 0 saturated carbocycles. The molecule has 0 saturated heterocycles. The maximum absolute atomic E-state index is 10.6. The number of carbonyl (C=O) groups is 1. The second-order valence-corrected chi connectivity index (χ2v) is 3.17. The highest BCUT2D eigenvalue weighted by Gasteiger charge is 2.18. The van der Waals surface area contributed by atoms with E-state index in [0.717, 1.165) is 5.69 Å². The molecule has 0 amide bonds. The Morgan fingerprint density at radius 1 is 1.67 bits per heavy atom. The third-order valence-corrected chi connectivity index (χ3v) is 2.07. The summed E-state index contributed by atoms with van der Waals surface area (Å²) in [4.78, 5) is 13.5. The van der Waals surface area contributed by atoms with Gasteiger partial charge in [0.1, 0.15) is 24.9 Å². The molecule has 0 atom stereocenters. The van der Waals surface area contributed by atoms with E-state index in [1.165, 1.54) is 0 Å². The van der Waals surface area contributed by atoms with E-state index in [4.69, 9.17) is 10.2 Å². The maximum atomic E-state index is 10.6. The van der Waals surface area contributed by atoms with Crippen molar-refractivity contribution in [1.82, 2.24) is 4.98 Å². The smallest absolute Gasteiger partial charge is 0.315 e. The molecule has 0 aliphatic rings. The van der Waals surface area contributed by atoms with Crippen LogP contribution in [0.25, 0.3) is 0 Å². The number of aromatic amines is 1. The predicted octanol–water partition coefficient (Wildman–Crippen LogP) is -0.350. The number of rotatable bonds is 6. The zero-order valence-corrected chi connectivity index (χ0v) is 8.44. The predicted molar refractivity (Wildman–Crippen MR) is 53.3 cm³/mol. The van der Waals surface area contributed by atoms with Crippen LogP contribution in [0.3, 0.4) is 0 Å². The number of H-pyrrole nitrogens is 1. The van der Waals surface area contributed by atoms with Gasteiger partial charge in [-0.15, -0.1) is 6.58 Å². The first-order chi connectivity index (χ1) is 7.19. The van der Waals surface area contributed by atoms with Crippen LogP contribution in [0, 0.1) is 0 Å². The van der Waals surface area contributed by atoms with Crippen molar-refractivity contribution in [3.05, 3.63) is 30.4 Å². The van der Waals surface area contributed by atoms with E-state index in [0.29, 0.717) is 18.8 Å². The summed E-state index contributed by atoms with van der Waals surface area (Å²) in [6, 6.07) is 0. The summed E-state index contributed by atoms with van der Waals surface area (Å²) in [6.07, 6.45) is 4.06. The highest BCUT2D eigenvalue weighted by atomic mass is 16.4. The lowest BCUT2D eigenvalue weighted by atomic mass is 10.3. The zero-order valence-electron chi connectivity index (χ0n) is 8.44. The monoisotopic (exact) mass is 211 g/mol. The van der Waals surface area contributed by atoms with Crippen LogP contribution in [0.1, 0.15) is 11.5 Å². The van der Waals surface area contributed by atoms with Crippen molar-refractivity contribution in [2.24, 2.45) is 0 Å². The van der Waals surface area contributed by atoms with Gasteiger partial charge < -0.3 is 10.2 Å². The minimum Gasteiger partial charge on any atom is -0.481 e. The minimum atomic E-state index is -0.895. The molecule has 5 heteroatoms. The third kappa shape index (κ3) is 2.92. The lowest BCUT2D eigenvalue weighted by Gasteiger charge is -2.00. The van der Waals surface area contributed by atoms with Crippen LogP contribution in [-0.4, -0.2) is 27.8 Å². The molecule has 0 aliphatic heterocycles. The van der Waals surface area contributed by atoms with Crippen molar-refractivity contribution in [2.75, 3.05) is 6.61 Å². The van der Waals surface area contributed by atoms with Crippen LogP contribution in [0.2, 0.25) is 0 Å². The van der Waals surface area contributed by atoms with Crippen molar-refractivity contribution in [1.29, 1.82) is 0 Å². The summed E-state index contributed by atoms with van der Waals surface area (Å²) in [6.45, 7) is 4.00. The Balaban J connectivity index is 2.94. The van der Waals surface area contributed by atoms with E-state index < -0.39 is 5.97 Å². The van der Waals surface area contributed by atoms with E-state index in [1.54, 1.807) is 16.8 Å². The number of aliphatic hydroxyl groups excluding tert-OH is 1. The summed E-state index contributed by atoms with van der Waals surface area (Å²) < 4.78 is 1.77. The normalized spacial score (nSPS) is 10.2. The summed E-state index contributed by atoms with van der Waals surface area (Å²) in [5, 5.41) is 17.6. The first-order valence-corrected chi connectivity index (χ1v) is 4.71. The molecule has 0 radical (unpaired) electrons. The Labute approximate surface area is 87.7 Å². The van der Waals surface area contributed by atoms with Crippen LogP contribution in [0.15, 0.2) is 18.9 Å². The molecule has 15 heavy (non-hydrogen) atoms. The fourth-order valence-corrected chi connectivity index (χ4v) is 1.48. The van der Waals surface area contributed by atoms with E-state index in [9.17, 15) is 4.79 Å². The molecule has 0 bridgehead atoms. The van der Waals surface area contributed by atoms with Gasteiger partial charge in [0.05, 0.1) is 6.61 Å². The van der Waals surface area contributed by atoms with Gasteiger partial charge in [-0.1, -0.05) is 6.08 Å². The Bertz CT molecular complexity index is 358. The second-order valence-electron chi connectivity index (χ2n) is 3.17. The number of hydrogen-bond acceptors (Lipinski definition) is 2. The summed E-state index contributed by atoms with van der Waals surface area (Å²) in [5.41, 5.74) is 0.926. The topological polar surface area (TPSA) is 77.2 Å². The van der Waals surface area contributed by atoms with Gasteiger partial charge in [0.15, 0.2) is 0 Å². The molecule has 1 heterocycles. The van der Waals surface area contributed by atoms with Crippen LogP contribution in [-0.2, 0) is 24.2 Å². The van der Waals surface area contributed by atoms with Crippen molar-refractivity contribution >= 4 is 5.97 Å². The largest absolute Gasteiger partial charge is 0.481 e. The van der Waals surface area contributed by atoms with Gasteiger partial charge >= 0.3 is 5.97 Å². The molecular formula is C10H15N2O3+. The highest BCUT2D eigenvalue weighted by molar-refractivity contribution is 5.68. The standard InChI is InChI=1S/C10H14N2O3/c1-2-3-8-7-11-9(6-10(14)15)12(8)4-5-13/h2,7,13H,1,3-6H2,(H,14,15)/p+1. The molecule has 1 rings (SSSR count). The number of aliphatic carboxylic acids is 1. The molecular weight excluding hydrogens is 196 g/mol. The quantitative estimate of drug-likeness (QED) is 0.444. The van der Waals surface area contributed by atoms with E-state index in [-0.39, 0.29) is 13.0 Å². The molecule has 1 aromatic rings. The molecule has 1 aromatic heterocycles. The van der Waals surface area contributed by atoms with Gasteiger partial charge in [0.25, 0.3) is 5.82 Å². The molecule has 5 nitrogen and oxygen atoms in total. The second kappa shape index (κ2) is 5.31. The number of aromatic nitrogens is 2.